The third-order valence-corrected chi connectivity index (χ3v) is 7.44. The highest BCUT2D eigenvalue weighted by Crippen LogP contribution is 2.32. The number of hydrogen-bond donors (Lipinski definition) is 2. The van der Waals surface area contributed by atoms with Crippen molar-refractivity contribution >= 4 is 33.3 Å². The first-order valence-electron chi connectivity index (χ1n) is 11.5. The van der Waals surface area contributed by atoms with Crippen LogP contribution in [-0.4, -0.2) is 40.4 Å². The van der Waals surface area contributed by atoms with E-state index in [1.165, 1.54) is 12.1 Å². The first kappa shape index (κ1) is 26.5. The summed E-state index contributed by atoms with van der Waals surface area (Å²) in [5.74, 6) is 2.35. The third-order valence-electron chi connectivity index (χ3n) is 5.61. The Balaban J connectivity index is 1.51. The molecule has 1 heterocycles. The van der Waals surface area contributed by atoms with Gasteiger partial charge < -0.3 is 15.4 Å². The van der Waals surface area contributed by atoms with E-state index >= 15 is 0 Å². The Morgan fingerprint density at radius 3 is 2.25 bits per heavy atom. The lowest BCUT2D eigenvalue weighted by Gasteiger charge is -2.11. The van der Waals surface area contributed by atoms with Gasteiger partial charge in [0.25, 0.3) is 11.8 Å². The van der Waals surface area contributed by atoms with E-state index in [-0.39, 0.29) is 22.3 Å². The van der Waals surface area contributed by atoms with Gasteiger partial charge >= 0.3 is 0 Å². The van der Waals surface area contributed by atoms with Gasteiger partial charge in [-0.3, -0.25) is 9.59 Å². The standard InChI is InChI=1S/C28H28N2O5S/c1-4-6-11-23(24(5-2)35-3)20-13-15-21(16-14-20)27(31)29-17-9-18-30-28(32)26-19-22-10-7-8-12-25(22)36(26,33)34/h1,6-8,10-16,19H,5,9,17-18H2,2-3H3,(H,29,31)(H,30,32)/b11-6-,24-23-. The summed E-state index contributed by atoms with van der Waals surface area (Å²) in [7, 11) is -2.20. The maximum absolute atomic E-state index is 12.5. The summed E-state index contributed by atoms with van der Waals surface area (Å²) in [6.45, 7) is 2.51. The van der Waals surface area contributed by atoms with E-state index in [2.05, 4.69) is 16.6 Å². The second-order valence-corrected chi connectivity index (χ2v) is 9.77. The fourth-order valence-electron chi connectivity index (χ4n) is 3.78. The van der Waals surface area contributed by atoms with Crippen LogP contribution in [-0.2, 0) is 19.4 Å². The van der Waals surface area contributed by atoms with Crippen LogP contribution in [0.5, 0.6) is 0 Å². The average Bonchev–Trinajstić information content (AvgIpc) is 3.17. The Kier molecular flexibility index (Phi) is 8.87. The molecule has 1 aliphatic rings. The van der Waals surface area contributed by atoms with Crippen molar-refractivity contribution in [2.45, 2.75) is 24.7 Å². The Morgan fingerprint density at radius 2 is 1.64 bits per heavy atom. The molecule has 186 valence electrons. The average molecular weight is 505 g/mol. The third kappa shape index (κ3) is 5.93. The first-order valence-corrected chi connectivity index (χ1v) is 12.9. The van der Waals surface area contributed by atoms with Crippen molar-refractivity contribution in [2.24, 2.45) is 0 Å². The van der Waals surface area contributed by atoms with Gasteiger partial charge in [-0.2, -0.15) is 0 Å². The number of benzene rings is 2. The molecule has 36 heavy (non-hydrogen) atoms. The predicted molar refractivity (Wildman–Crippen MR) is 140 cm³/mol. The summed E-state index contributed by atoms with van der Waals surface area (Å²) in [4.78, 5) is 24.8. The summed E-state index contributed by atoms with van der Waals surface area (Å²) >= 11 is 0. The van der Waals surface area contributed by atoms with Crippen molar-refractivity contribution in [1.29, 1.82) is 0 Å². The zero-order chi connectivity index (χ0) is 26.1. The van der Waals surface area contributed by atoms with Crippen LogP contribution >= 0.6 is 0 Å². The number of hydrogen-bond acceptors (Lipinski definition) is 5. The summed E-state index contributed by atoms with van der Waals surface area (Å²) in [6.07, 6.45) is 11.3. The molecule has 2 N–H and O–H groups in total. The summed E-state index contributed by atoms with van der Waals surface area (Å²) < 4.78 is 30.5. The minimum Gasteiger partial charge on any atom is -0.500 e. The molecule has 0 aliphatic carbocycles. The van der Waals surface area contributed by atoms with Crippen molar-refractivity contribution in [2.75, 3.05) is 20.2 Å². The second kappa shape index (κ2) is 12.0. The Labute approximate surface area is 211 Å². The number of ether oxygens (including phenoxy) is 1. The van der Waals surface area contributed by atoms with Crippen molar-refractivity contribution in [1.82, 2.24) is 10.6 Å². The number of terminal acetylenes is 1. The van der Waals surface area contributed by atoms with Crippen LogP contribution in [0.15, 0.2) is 76.2 Å². The summed E-state index contributed by atoms with van der Waals surface area (Å²) in [5.41, 5.74) is 2.71. The molecule has 7 nitrogen and oxygen atoms in total. The van der Waals surface area contributed by atoms with E-state index in [1.807, 2.05) is 19.1 Å². The van der Waals surface area contributed by atoms with Crippen molar-refractivity contribution in [3.05, 3.63) is 88.0 Å². The maximum Gasteiger partial charge on any atom is 0.263 e. The van der Waals surface area contributed by atoms with Gasteiger partial charge in [0.1, 0.15) is 10.7 Å². The number of sulfone groups is 1. The van der Waals surface area contributed by atoms with E-state index in [0.717, 1.165) is 16.9 Å². The van der Waals surface area contributed by atoms with Crippen LogP contribution in [0.4, 0.5) is 0 Å². The van der Waals surface area contributed by atoms with E-state index in [4.69, 9.17) is 11.2 Å². The van der Waals surface area contributed by atoms with Gasteiger partial charge in [-0.25, -0.2) is 8.42 Å². The van der Waals surface area contributed by atoms with Crippen molar-refractivity contribution < 1.29 is 22.7 Å². The Hall–Kier alpha value is -4.09. The molecule has 2 aromatic rings. The first-order chi connectivity index (χ1) is 17.3. The monoisotopic (exact) mass is 504 g/mol. The number of amides is 2. The number of allylic oxidation sites excluding steroid dienone is 4. The molecule has 8 heteroatoms. The smallest absolute Gasteiger partial charge is 0.263 e. The van der Waals surface area contributed by atoms with Crippen LogP contribution in [0.25, 0.3) is 11.6 Å². The largest absolute Gasteiger partial charge is 0.500 e. The quantitative estimate of drug-likeness (QED) is 0.222. The maximum atomic E-state index is 12.5. The van der Waals surface area contributed by atoms with Crippen LogP contribution < -0.4 is 10.6 Å². The molecule has 0 unspecified atom stereocenters. The highest BCUT2D eigenvalue weighted by molar-refractivity contribution is 7.96. The molecular weight excluding hydrogens is 476 g/mol. The molecule has 2 aromatic carbocycles. The minimum atomic E-state index is -3.81. The normalized spacial score (nSPS) is 14.3. The topological polar surface area (TPSA) is 102 Å². The fraction of sp³-hybridized carbons (Fsp3) is 0.214. The van der Waals surface area contributed by atoms with Gasteiger partial charge in [-0.05, 0) is 54.0 Å². The zero-order valence-corrected chi connectivity index (χ0v) is 21.0. The highest BCUT2D eigenvalue weighted by Gasteiger charge is 2.33. The summed E-state index contributed by atoms with van der Waals surface area (Å²) in [5, 5.41) is 5.41. The highest BCUT2D eigenvalue weighted by atomic mass is 32.2. The zero-order valence-electron chi connectivity index (χ0n) is 20.2. The van der Waals surface area contributed by atoms with Gasteiger partial charge in [0.05, 0.1) is 12.0 Å². The molecule has 1 aliphatic heterocycles. The van der Waals surface area contributed by atoms with Gasteiger partial charge in [0.2, 0.25) is 9.84 Å². The van der Waals surface area contributed by atoms with Crippen molar-refractivity contribution in [3.63, 3.8) is 0 Å². The predicted octanol–water partition coefficient (Wildman–Crippen LogP) is 3.71. The molecule has 3 rings (SSSR count). The second-order valence-electron chi connectivity index (χ2n) is 7.89. The minimum absolute atomic E-state index is 0.135. The van der Waals surface area contributed by atoms with E-state index < -0.39 is 15.7 Å². The van der Waals surface area contributed by atoms with Gasteiger partial charge in [-0.15, -0.1) is 6.42 Å². The molecule has 0 saturated carbocycles. The number of fused-ring (bicyclic) bond motifs is 1. The Bertz CT molecular complexity index is 1370. The van der Waals surface area contributed by atoms with E-state index in [9.17, 15) is 18.0 Å². The van der Waals surface area contributed by atoms with Crippen molar-refractivity contribution in [3.8, 4) is 12.3 Å². The molecule has 0 radical (unpaired) electrons. The number of rotatable bonds is 10. The van der Waals surface area contributed by atoms with E-state index in [1.54, 1.807) is 49.6 Å². The molecule has 0 fully saturated rings. The number of carbonyl (C=O) groups is 2. The van der Waals surface area contributed by atoms with Crippen LogP contribution in [0, 0.1) is 12.3 Å². The van der Waals surface area contributed by atoms with Gasteiger partial charge in [0, 0.05) is 30.6 Å². The molecular formula is C28H28N2O5S. The molecule has 0 aromatic heterocycles. The van der Waals surface area contributed by atoms with Crippen LogP contribution in [0.3, 0.4) is 0 Å². The van der Waals surface area contributed by atoms with Gasteiger partial charge in [0.15, 0.2) is 0 Å². The molecule has 0 saturated heterocycles. The van der Waals surface area contributed by atoms with Crippen LogP contribution in [0.1, 0.15) is 41.3 Å². The lowest BCUT2D eigenvalue weighted by molar-refractivity contribution is -0.116. The molecule has 2 amide bonds. The molecule has 0 spiro atoms. The van der Waals surface area contributed by atoms with E-state index in [0.29, 0.717) is 30.5 Å². The van der Waals surface area contributed by atoms with Crippen LogP contribution in [0.2, 0.25) is 0 Å². The number of methoxy groups -OCH3 is 1. The molecule has 0 atom stereocenters. The summed E-state index contributed by atoms with van der Waals surface area (Å²) in [6, 6.07) is 13.6. The van der Waals surface area contributed by atoms with Gasteiger partial charge in [-0.1, -0.05) is 43.2 Å². The molecule has 0 bridgehead atoms. The number of nitrogens with one attached hydrogen (secondary N) is 2. The lowest BCUT2D eigenvalue weighted by atomic mass is 10.0. The number of carbonyl (C=O) groups excluding carboxylic acids is 2. The Morgan fingerprint density at radius 1 is 1.00 bits per heavy atom. The SMILES string of the molecule is C#C/C=C\C(=C(/CC)OC)c1ccc(C(=O)NCCCNC(=O)C2=Cc3ccccc3S2(=O)=O)cc1. The fourth-order valence-corrected chi connectivity index (χ4v) is 5.31. The lowest BCUT2D eigenvalue weighted by Crippen LogP contribution is -2.31.